The van der Waals surface area contributed by atoms with Gasteiger partial charge in [-0.05, 0) is 30.4 Å². The van der Waals surface area contributed by atoms with Gasteiger partial charge in [0.15, 0.2) is 0 Å². The molecule has 1 saturated carbocycles. The van der Waals surface area contributed by atoms with Crippen molar-refractivity contribution in [3.05, 3.63) is 59.7 Å². The van der Waals surface area contributed by atoms with E-state index in [0.717, 1.165) is 18.4 Å². The SMILES string of the molecule is O=[N+]([O-])OCCC(O[N+](=O)[O-])c1ccc(C2CC2)cc1[N+](=O)[O-]. The fourth-order valence-electron chi connectivity index (χ4n) is 2.26. The van der Waals surface area contributed by atoms with Crippen LogP contribution in [0, 0.1) is 30.3 Å². The third-order valence-corrected chi connectivity index (χ3v) is 3.44. The van der Waals surface area contributed by atoms with Gasteiger partial charge >= 0.3 is 0 Å². The molecule has 2 rings (SSSR count). The molecule has 1 atom stereocenters. The largest absolute Gasteiger partial charge is 0.314 e. The van der Waals surface area contributed by atoms with Crippen LogP contribution in [0.4, 0.5) is 5.69 Å². The van der Waals surface area contributed by atoms with E-state index in [-0.39, 0.29) is 23.6 Å². The third kappa shape index (κ3) is 4.49. The number of nitro benzene ring substituents is 1. The molecule has 1 fully saturated rings. The van der Waals surface area contributed by atoms with Gasteiger partial charge in [0.05, 0.1) is 17.1 Å². The summed E-state index contributed by atoms with van der Waals surface area (Å²) in [5.74, 6) is 0.274. The molecule has 124 valence electrons. The average Bonchev–Trinajstić information content (AvgIpc) is 3.29. The number of nitrogens with zero attached hydrogens (tertiary/aromatic N) is 3. The summed E-state index contributed by atoms with van der Waals surface area (Å²) < 4.78 is 0. The second-order valence-electron chi connectivity index (χ2n) is 5.01. The predicted molar refractivity (Wildman–Crippen MR) is 73.5 cm³/mol. The van der Waals surface area contributed by atoms with Gasteiger partial charge in [-0.25, -0.2) is 0 Å². The zero-order chi connectivity index (χ0) is 17.0. The fraction of sp³-hybridized carbons (Fsp3) is 0.500. The van der Waals surface area contributed by atoms with E-state index in [1.807, 2.05) is 0 Å². The van der Waals surface area contributed by atoms with Crippen molar-refractivity contribution in [2.75, 3.05) is 6.61 Å². The Labute approximate surface area is 129 Å². The molecule has 1 unspecified atom stereocenters. The highest BCUT2D eigenvalue weighted by atomic mass is 17.0. The summed E-state index contributed by atoms with van der Waals surface area (Å²) in [6.45, 7) is -0.479. The summed E-state index contributed by atoms with van der Waals surface area (Å²) >= 11 is 0. The van der Waals surface area contributed by atoms with Crippen molar-refractivity contribution in [3.63, 3.8) is 0 Å². The van der Waals surface area contributed by atoms with E-state index in [0.29, 0.717) is 0 Å². The Morgan fingerprint density at radius 1 is 1.13 bits per heavy atom. The first-order valence-electron chi connectivity index (χ1n) is 6.75. The highest BCUT2D eigenvalue weighted by molar-refractivity contribution is 5.46. The molecule has 0 aliphatic heterocycles. The number of hydrogen-bond acceptors (Lipinski definition) is 8. The maximum Gasteiger partial charge on any atom is 0.295 e. The van der Waals surface area contributed by atoms with Gasteiger partial charge in [-0.15, -0.1) is 20.2 Å². The molecule has 1 aromatic carbocycles. The second kappa shape index (κ2) is 6.85. The Balaban J connectivity index is 2.26. The van der Waals surface area contributed by atoms with Crippen LogP contribution in [0.25, 0.3) is 0 Å². The molecular formula is C12H13N3O8. The summed E-state index contributed by atoms with van der Waals surface area (Å²) in [5.41, 5.74) is 0.479. The lowest BCUT2D eigenvalue weighted by atomic mass is 10.0. The normalized spacial score (nSPS) is 14.8. The Morgan fingerprint density at radius 2 is 1.83 bits per heavy atom. The lowest BCUT2D eigenvalue weighted by Gasteiger charge is -2.15. The van der Waals surface area contributed by atoms with Crippen LogP contribution in [-0.2, 0) is 9.68 Å². The molecule has 0 N–H and O–H groups in total. The second-order valence-corrected chi connectivity index (χ2v) is 5.01. The highest BCUT2D eigenvalue weighted by Gasteiger charge is 2.30. The van der Waals surface area contributed by atoms with Crippen LogP contribution in [0.2, 0.25) is 0 Å². The quantitative estimate of drug-likeness (QED) is 0.495. The Hall–Kier alpha value is -2.98. The first kappa shape index (κ1) is 16.4. The number of benzene rings is 1. The van der Waals surface area contributed by atoms with Crippen molar-refractivity contribution >= 4 is 5.69 Å². The minimum atomic E-state index is -1.32. The maximum atomic E-state index is 11.2. The van der Waals surface area contributed by atoms with E-state index < -0.39 is 27.8 Å². The first-order chi connectivity index (χ1) is 10.9. The first-order valence-corrected chi connectivity index (χ1v) is 6.75. The van der Waals surface area contributed by atoms with Gasteiger partial charge in [0.25, 0.3) is 15.9 Å². The van der Waals surface area contributed by atoms with Crippen molar-refractivity contribution < 1.29 is 24.8 Å². The summed E-state index contributed by atoms with van der Waals surface area (Å²) in [7, 11) is 0. The highest BCUT2D eigenvalue weighted by Crippen LogP contribution is 2.42. The van der Waals surface area contributed by atoms with Crippen molar-refractivity contribution in [3.8, 4) is 0 Å². The van der Waals surface area contributed by atoms with Crippen LogP contribution in [-0.4, -0.2) is 21.7 Å². The summed E-state index contributed by atoms with van der Waals surface area (Å²) in [6.07, 6.45) is 0.300. The number of rotatable bonds is 9. The van der Waals surface area contributed by atoms with E-state index in [9.17, 15) is 30.3 Å². The topological polar surface area (TPSA) is 148 Å². The van der Waals surface area contributed by atoms with Crippen LogP contribution >= 0.6 is 0 Å². The number of nitro groups is 1. The number of hydrogen-bond donors (Lipinski definition) is 0. The summed E-state index contributed by atoms with van der Waals surface area (Å²) in [5, 5.41) is 29.8. The van der Waals surface area contributed by atoms with Gasteiger partial charge < -0.3 is 9.68 Å². The monoisotopic (exact) mass is 327 g/mol. The molecular weight excluding hydrogens is 314 g/mol. The van der Waals surface area contributed by atoms with Crippen molar-refractivity contribution in [2.24, 2.45) is 0 Å². The molecule has 0 radical (unpaired) electrons. The predicted octanol–water partition coefficient (Wildman–Crippen LogP) is 2.32. The molecule has 1 aliphatic carbocycles. The molecule has 1 aliphatic rings. The molecule has 11 heteroatoms. The Morgan fingerprint density at radius 3 is 2.35 bits per heavy atom. The lowest BCUT2D eigenvalue weighted by molar-refractivity contribution is -0.776. The van der Waals surface area contributed by atoms with Gasteiger partial charge in [-0.2, -0.15) is 0 Å². The maximum absolute atomic E-state index is 11.2. The minimum absolute atomic E-state index is 0.0111. The average molecular weight is 327 g/mol. The molecule has 23 heavy (non-hydrogen) atoms. The van der Waals surface area contributed by atoms with Gasteiger partial charge in [0.2, 0.25) is 0 Å². The Kier molecular flexibility index (Phi) is 4.88. The molecule has 0 heterocycles. The smallest absolute Gasteiger partial charge is 0.295 e. The van der Waals surface area contributed by atoms with Crippen LogP contribution < -0.4 is 0 Å². The van der Waals surface area contributed by atoms with Gasteiger partial charge in [-0.3, -0.25) is 10.1 Å². The van der Waals surface area contributed by atoms with E-state index >= 15 is 0 Å². The van der Waals surface area contributed by atoms with Gasteiger partial charge in [0.1, 0.15) is 6.10 Å². The molecule has 0 amide bonds. The van der Waals surface area contributed by atoms with E-state index in [1.165, 1.54) is 12.1 Å². The van der Waals surface area contributed by atoms with Crippen molar-refractivity contribution in [1.29, 1.82) is 0 Å². The fourth-order valence-corrected chi connectivity index (χ4v) is 2.26. The van der Waals surface area contributed by atoms with Crippen LogP contribution in [0.15, 0.2) is 18.2 Å². The molecule has 1 aromatic rings. The molecule has 0 saturated heterocycles. The van der Waals surface area contributed by atoms with Crippen LogP contribution in [0.3, 0.4) is 0 Å². The minimum Gasteiger partial charge on any atom is -0.314 e. The third-order valence-electron chi connectivity index (χ3n) is 3.44. The molecule has 0 bridgehead atoms. The van der Waals surface area contributed by atoms with E-state index in [2.05, 4.69) is 9.68 Å². The van der Waals surface area contributed by atoms with Gasteiger partial charge in [-0.1, -0.05) is 6.07 Å². The van der Waals surface area contributed by atoms with Crippen LogP contribution in [0.1, 0.15) is 42.4 Å². The molecule has 11 nitrogen and oxygen atoms in total. The summed E-state index contributed by atoms with van der Waals surface area (Å²) in [4.78, 5) is 39.8. The standard InChI is InChI=1S/C12H13N3O8/c16-13(17)11-7-9(8-1-2-8)3-4-10(11)12(23-15(20)21)5-6-22-14(18)19/h3-4,7-8,12H,1-2,5-6H2. The molecule has 0 spiro atoms. The lowest BCUT2D eigenvalue weighted by Crippen LogP contribution is -2.15. The van der Waals surface area contributed by atoms with Crippen LogP contribution in [0.5, 0.6) is 0 Å². The zero-order valence-electron chi connectivity index (χ0n) is 11.8. The van der Waals surface area contributed by atoms with Crippen molar-refractivity contribution in [1.82, 2.24) is 0 Å². The van der Waals surface area contributed by atoms with E-state index in [4.69, 9.17) is 0 Å². The van der Waals surface area contributed by atoms with E-state index in [1.54, 1.807) is 6.07 Å². The zero-order valence-corrected chi connectivity index (χ0v) is 11.8. The summed E-state index contributed by atoms with van der Waals surface area (Å²) in [6, 6.07) is 4.43. The van der Waals surface area contributed by atoms with Crippen molar-refractivity contribution in [2.45, 2.75) is 31.3 Å². The Bertz CT molecular complexity index is 631. The molecule has 0 aromatic heterocycles. The van der Waals surface area contributed by atoms with Gasteiger partial charge in [0, 0.05) is 12.5 Å².